The van der Waals surface area contributed by atoms with E-state index >= 15 is 0 Å². The summed E-state index contributed by atoms with van der Waals surface area (Å²) in [5.74, 6) is 0.186. The number of hydrazone groups is 1. The zero-order valence-electron chi connectivity index (χ0n) is 15.8. The van der Waals surface area contributed by atoms with E-state index in [1.807, 2.05) is 48.5 Å². The predicted molar refractivity (Wildman–Crippen MR) is 122 cm³/mol. The summed E-state index contributed by atoms with van der Waals surface area (Å²) in [6.07, 6.45) is 1.35. The second-order valence-corrected chi connectivity index (χ2v) is 7.55. The number of carbonyl (C=O) groups is 1. The first-order chi connectivity index (χ1) is 14.5. The number of hydrogen-bond acceptors (Lipinski definition) is 5. The van der Waals surface area contributed by atoms with Crippen molar-refractivity contribution in [1.29, 1.82) is 0 Å². The van der Waals surface area contributed by atoms with Gasteiger partial charge in [0.05, 0.1) is 17.6 Å². The fraction of sp³-hybridized carbons (Fsp3) is 0.0909. The van der Waals surface area contributed by atoms with Gasteiger partial charge in [0.1, 0.15) is 12.4 Å². The summed E-state index contributed by atoms with van der Waals surface area (Å²) in [4.78, 5) is 22.7. The van der Waals surface area contributed by atoms with Crippen molar-refractivity contribution in [3.8, 4) is 5.75 Å². The maximum absolute atomic E-state index is 12.1. The average Bonchev–Trinajstić information content (AvgIpc) is 2.74. The van der Waals surface area contributed by atoms with E-state index < -0.39 is 10.8 Å². The van der Waals surface area contributed by atoms with Crippen molar-refractivity contribution in [1.82, 2.24) is 5.43 Å². The van der Waals surface area contributed by atoms with Crippen LogP contribution in [0.15, 0.2) is 77.9 Å². The molecular weight excluding hydrogens is 497 g/mol. The van der Waals surface area contributed by atoms with Crippen LogP contribution in [0.1, 0.15) is 16.7 Å². The molecule has 30 heavy (non-hydrogen) atoms. The van der Waals surface area contributed by atoms with Crippen LogP contribution >= 0.6 is 22.6 Å². The molecule has 0 saturated heterocycles. The number of hydrogen-bond donors (Lipinski definition) is 1. The first-order valence-electron chi connectivity index (χ1n) is 9.03. The molecule has 1 N–H and O–H groups in total. The van der Waals surface area contributed by atoms with Crippen molar-refractivity contribution in [2.45, 2.75) is 13.0 Å². The minimum absolute atomic E-state index is 0.0917. The monoisotopic (exact) mass is 515 g/mol. The molecule has 0 fully saturated rings. The maximum Gasteiger partial charge on any atom is 0.273 e. The summed E-state index contributed by atoms with van der Waals surface area (Å²) in [6.45, 7) is 0.409. The van der Waals surface area contributed by atoms with E-state index in [1.54, 1.807) is 18.2 Å². The molecule has 0 spiro atoms. The molecule has 0 atom stereocenters. The lowest BCUT2D eigenvalue weighted by Crippen LogP contribution is -2.20. The van der Waals surface area contributed by atoms with Crippen molar-refractivity contribution < 1.29 is 14.5 Å². The molecule has 3 aromatic carbocycles. The Morgan fingerprint density at radius 3 is 2.53 bits per heavy atom. The maximum atomic E-state index is 12.1. The molecule has 0 aliphatic rings. The van der Waals surface area contributed by atoms with Gasteiger partial charge in [0, 0.05) is 20.8 Å². The van der Waals surface area contributed by atoms with Crippen molar-refractivity contribution in [2.24, 2.45) is 5.10 Å². The van der Waals surface area contributed by atoms with Crippen molar-refractivity contribution in [2.75, 3.05) is 0 Å². The van der Waals surface area contributed by atoms with E-state index in [9.17, 15) is 14.9 Å². The van der Waals surface area contributed by atoms with Gasteiger partial charge >= 0.3 is 0 Å². The number of amides is 1. The minimum atomic E-state index is -0.507. The van der Waals surface area contributed by atoms with E-state index in [1.165, 1.54) is 12.3 Å². The number of para-hydroxylation sites is 2. The molecule has 152 valence electrons. The molecule has 7 nitrogen and oxygen atoms in total. The Morgan fingerprint density at radius 2 is 1.77 bits per heavy atom. The van der Waals surface area contributed by atoms with E-state index in [-0.39, 0.29) is 12.1 Å². The summed E-state index contributed by atoms with van der Waals surface area (Å²) in [7, 11) is 0. The van der Waals surface area contributed by atoms with Gasteiger partial charge in [0.2, 0.25) is 5.91 Å². The Hall–Kier alpha value is -3.27. The number of nitro groups is 1. The van der Waals surface area contributed by atoms with Gasteiger partial charge in [-0.1, -0.05) is 42.5 Å². The highest BCUT2D eigenvalue weighted by Gasteiger charge is 2.15. The van der Waals surface area contributed by atoms with E-state index in [4.69, 9.17) is 4.74 Å². The first kappa shape index (κ1) is 21.4. The summed E-state index contributed by atoms with van der Waals surface area (Å²) in [6, 6.07) is 21.5. The van der Waals surface area contributed by atoms with Crippen LogP contribution in [-0.2, 0) is 17.8 Å². The Kier molecular flexibility index (Phi) is 7.50. The van der Waals surface area contributed by atoms with Crippen LogP contribution in [-0.4, -0.2) is 17.0 Å². The highest BCUT2D eigenvalue weighted by molar-refractivity contribution is 14.1. The molecule has 0 radical (unpaired) electrons. The number of carbonyl (C=O) groups excluding carboxylic acids is 1. The normalized spacial score (nSPS) is 10.7. The highest BCUT2D eigenvalue weighted by Crippen LogP contribution is 2.19. The molecule has 0 heterocycles. The number of ether oxygens (including phenoxy) is 1. The zero-order valence-corrected chi connectivity index (χ0v) is 18.0. The number of nitrogens with one attached hydrogen (secondary N) is 1. The van der Waals surface area contributed by atoms with E-state index in [2.05, 4.69) is 33.1 Å². The molecule has 8 heteroatoms. The lowest BCUT2D eigenvalue weighted by Gasteiger charge is -2.09. The van der Waals surface area contributed by atoms with Crippen LogP contribution in [0, 0.1) is 13.7 Å². The average molecular weight is 515 g/mol. The van der Waals surface area contributed by atoms with Gasteiger partial charge in [0.15, 0.2) is 0 Å². The van der Waals surface area contributed by atoms with Crippen molar-refractivity contribution >= 4 is 40.4 Å². The Morgan fingerprint density at radius 1 is 1.07 bits per heavy atom. The number of rotatable bonds is 8. The molecule has 0 bridgehead atoms. The Labute approximate surface area is 187 Å². The topological polar surface area (TPSA) is 93.8 Å². The van der Waals surface area contributed by atoms with E-state index in [0.29, 0.717) is 23.5 Å². The van der Waals surface area contributed by atoms with Crippen LogP contribution in [0.25, 0.3) is 0 Å². The molecular formula is C22H18IN3O4. The smallest absolute Gasteiger partial charge is 0.273 e. The molecule has 3 rings (SSSR count). The van der Waals surface area contributed by atoms with Gasteiger partial charge in [-0.15, -0.1) is 0 Å². The summed E-state index contributed by atoms with van der Waals surface area (Å²) >= 11 is 2.25. The van der Waals surface area contributed by atoms with Crippen LogP contribution in [0.3, 0.4) is 0 Å². The molecule has 0 aliphatic heterocycles. The van der Waals surface area contributed by atoms with Crippen LogP contribution in [0.5, 0.6) is 5.75 Å². The fourth-order valence-corrected chi connectivity index (χ4v) is 3.04. The third-order valence-corrected chi connectivity index (χ3v) is 4.88. The predicted octanol–water partition coefficient (Wildman–Crippen LogP) is 4.47. The molecule has 0 aromatic heterocycles. The first-order valence-corrected chi connectivity index (χ1v) is 10.1. The standard InChI is InChI=1S/C22H18IN3O4/c23-19-11-9-16(10-12-19)15-30-21-8-4-2-6-18(21)14-24-25-22(27)13-17-5-1-3-7-20(17)26(28)29/h1-12,14H,13,15H2,(H,25,27)/b24-14+. The second kappa shape index (κ2) is 10.5. The van der Waals surface area contributed by atoms with Crippen LogP contribution in [0.2, 0.25) is 0 Å². The van der Waals surface area contributed by atoms with Crippen molar-refractivity contribution in [3.05, 3.63) is 103 Å². The Bertz CT molecular complexity index is 1070. The molecule has 3 aromatic rings. The number of benzene rings is 3. The Balaban J connectivity index is 1.60. The van der Waals surface area contributed by atoms with E-state index in [0.717, 1.165) is 9.13 Å². The summed E-state index contributed by atoms with van der Waals surface area (Å²) in [5, 5.41) is 15.0. The largest absolute Gasteiger partial charge is 0.488 e. The van der Waals surface area contributed by atoms with Gasteiger partial charge in [-0.3, -0.25) is 14.9 Å². The number of nitrogens with zero attached hydrogens (tertiary/aromatic N) is 2. The fourth-order valence-electron chi connectivity index (χ4n) is 2.69. The van der Waals surface area contributed by atoms with Gasteiger partial charge in [-0.2, -0.15) is 5.10 Å². The SMILES string of the molecule is O=C(Cc1ccccc1[N+](=O)[O-])N/N=C/c1ccccc1OCc1ccc(I)cc1. The molecule has 1 amide bonds. The third kappa shape index (κ3) is 6.11. The zero-order chi connectivity index (χ0) is 21.3. The lowest BCUT2D eigenvalue weighted by atomic mass is 10.1. The lowest BCUT2D eigenvalue weighted by molar-refractivity contribution is -0.385. The third-order valence-electron chi connectivity index (χ3n) is 4.16. The van der Waals surface area contributed by atoms with Gasteiger partial charge < -0.3 is 4.74 Å². The highest BCUT2D eigenvalue weighted by atomic mass is 127. The summed E-state index contributed by atoms with van der Waals surface area (Å²) < 4.78 is 7.03. The molecule has 0 unspecified atom stereocenters. The van der Waals surface area contributed by atoms with Gasteiger partial charge in [-0.05, 0) is 52.4 Å². The van der Waals surface area contributed by atoms with Gasteiger partial charge in [-0.25, -0.2) is 5.43 Å². The minimum Gasteiger partial charge on any atom is -0.488 e. The number of nitro benzene ring substituents is 1. The summed E-state index contributed by atoms with van der Waals surface area (Å²) in [5.41, 5.74) is 4.39. The molecule has 0 aliphatic carbocycles. The van der Waals surface area contributed by atoms with Crippen LogP contribution in [0.4, 0.5) is 5.69 Å². The van der Waals surface area contributed by atoms with Crippen LogP contribution < -0.4 is 10.2 Å². The van der Waals surface area contributed by atoms with Crippen molar-refractivity contribution in [3.63, 3.8) is 0 Å². The second-order valence-electron chi connectivity index (χ2n) is 6.31. The quantitative estimate of drug-likeness (QED) is 0.207. The number of halogens is 1. The van der Waals surface area contributed by atoms with Gasteiger partial charge in [0.25, 0.3) is 5.69 Å². The molecule has 0 saturated carbocycles.